The molecule has 1 aromatic carbocycles. The number of anilines is 2. The third-order valence-electron chi connectivity index (χ3n) is 1.91. The van der Waals surface area contributed by atoms with E-state index in [4.69, 9.17) is 0 Å². The van der Waals surface area contributed by atoms with Gasteiger partial charge < -0.3 is 10.3 Å². The second-order valence-corrected chi connectivity index (χ2v) is 3.14. The quantitative estimate of drug-likeness (QED) is 0.751. The number of imidazole rings is 1. The SMILES string of the molecule is O=C(Nc1ncc[nH]1)Nc1ccc(F)cc1F. The highest BCUT2D eigenvalue weighted by Gasteiger charge is 2.08. The molecule has 2 aromatic rings. The summed E-state index contributed by atoms with van der Waals surface area (Å²) < 4.78 is 25.8. The lowest BCUT2D eigenvalue weighted by molar-refractivity contribution is 0.262. The van der Waals surface area contributed by atoms with Crippen LogP contribution in [0.2, 0.25) is 0 Å². The number of carbonyl (C=O) groups is 1. The Hall–Kier alpha value is -2.44. The summed E-state index contributed by atoms with van der Waals surface area (Å²) in [5, 5.41) is 4.56. The molecule has 0 fully saturated rings. The molecular weight excluding hydrogens is 230 g/mol. The molecule has 3 N–H and O–H groups in total. The lowest BCUT2D eigenvalue weighted by Gasteiger charge is -2.06. The minimum Gasteiger partial charge on any atom is -0.331 e. The second-order valence-electron chi connectivity index (χ2n) is 3.14. The molecule has 0 aliphatic heterocycles. The number of hydrogen-bond donors (Lipinski definition) is 3. The van der Waals surface area contributed by atoms with Crippen LogP contribution in [0, 0.1) is 11.6 Å². The van der Waals surface area contributed by atoms with E-state index in [-0.39, 0.29) is 11.6 Å². The fraction of sp³-hybridized carbons (Fsp3) is 0. The topological polar surface area (TPSA) is 69.8 Å². The first-order valence-corrected chi connectivity index (χ1v) is 4.67. The fourth-order valence-corrected chi connectivity index (χ4v) is 1.19. The summed E-state index contributed by atoms with van der Waals surface area (Å²) in [7, 11) is 0. The van der Waals surface area contributed by atoms with Crippen LogP contribution in [0.5, 0.6) is 0 Å². The predicted octanol–water partition coefficient (Wildman–Crippen LogP) is 2.33. The van der Waals surface area contributed by atoms with Crippen LogP contribution >= 0.6 is 0 Å². The molecule has 0 saturated carbocycles. The first kappa shape index (κ1) is 11.1. The van der Waals surface area contributed by atoms with Crippen molar-refractivity contribution in [2.24, 2.45) is 0 Å². The van der Waals surface area contributed by atoms with E-state index >= 15 is 0 Å². The zero-order chi connectivity index (χ0) is 12.3. The van der Waals surface area contributed by atoms with Gasteiger partial charge in [0.15, 0.2) is 0 Å². The maximum atomic E-state index is 13.2. The van der Waals surface area contributed by atoms with Crippen molar-refractivity contribution in [3.63, 3.8) is 0 Å². The van der Waals surface area contributed by atoms with Crippen molar-refractivity contribution in [2.45, 2.75) is 0 Å². The minimum absolute atomic E-state index is 0.115. The number of aromatic nitrogens is 2. The van der Waals surface area contributed by atoms with Crippen LogP contribution in [0.25, 0.3) is 0 Å². The van der Waals surface area contributed by atoms with E-state index in [1.807, 2.05) is 0 Å². The van der Waals surface area contributed by atoms with Crippen molar-refractivity contribution >= 4 is 17.7 Å². The zero-order valence-corrected chi connectivity index (χ0v) is 8.50. The number of rotatable bonds is 2. The lowest BCUT2D eigenvalue weighted by Crippen LogP contribution is -2.20. The van der Waals surface area contributed by atoms with Gasteiger partial charge in [0, 0.05) is 18.5 Å². The van der Waals surface area contributed by atoms with Gasteiger partial charge in [-0.05, 0) is 12.1 Å². The van der Waals surface area contributed by atoms with Gasteiger partial charge in [-0.1, -0.05) is 0 Å². The summed E-state index contributed by atoms with van der Waals surface area (Å²) in [5.41, 5.74) is -0.115. The molecule has 1 heterocycles. The van der Waals surface area contributed by atoms with Gasteiger partial charge in [0.25, 0.3) is 0 Å². The monoisotopic (exact) mass is 238 g/mol. The lowest BCUT2D eigenvalue weighted by atomic mass is 10.3. The third-order valence-corrected chi connectivity index (χ3v) is 1.91. The number of carbonyl (C=O) groups excluding carboxylic acids is 1. The molecule has 0 bridgehead atoms. The summed E-state index contributed by atoms with van der Waals surface area (Å²) in [5.74, 6) is -1.33. The Balaban J connectivity index is 2.03. The average molecular weight is 238 g/mol. The Morgan fingerprint density at radius 3 is 2.76 bits per heavy atom. The van der Waals surface area contributed by atoms with Gasteiger partial charge in [-0.3, -0.25) is 5.32 Å². The van der Waals surface area contributed by atoms with E-state index in [2.05, 4.69) is 20.6 Å². The van der Waals surface area contributed by atoms with Crippen LogP contribution in [0.3, 0.4) is 0 Å². The fourth-order valence-electron chi connectivity index (χ4n) is 1.19. The highest BCUT2D eigenvalue weighted by atomic mass is 19.1. The summed E-state index contributed by atoms with van der Waals surface area (Å²) in [4.78, 5) is 17.8. The number of H-pyrrole nitrogens is 1. The minimum atomic E-state index is -0.848. The van der Waals surface area contributed by atoms with E-state index < -0.39 is 17.7 Å². The van der Waals surface area contributed by atoms with Crippen molar-refractivity contribution in [3.8, 4) is 0 Å². The second kappa shape index (κ2) is 4.60. The number of halogens is 2. The molecule has 0 unspecified atom stereocenters. The number of urea groups is 1. The molecule has 0 aliphatic carbocycles. The van der Waals surface area contributed by atoms with Crippen LogP contribution in [0.1, 0.15) is 0 Å². The van der Waals surface area contributed by atoms with Gasteiger partial charge in [-0.15, -0.1) is 0 Å². The van der Waals surface area contributed by atoms with Crippen LogP contribution in [0.4, 0.5) is 25.2 Å². The molecule has 5 nitrogen and oxygen atoms in total. The molecule has 0 radical (unpaired) electrons. The molecule has 0 aliphatic rings. The first-order valence-electron chi connectivity index (χ1n) is 4.67. The number of benzene rings is 1. The van der Waals surface area contributed by atoms with Crippen molar-refractivity contribution in [1.82, 2.24) is 9.97 Å². The van der Waals surface area contributed by atoms with Crippen LogP contribution < -0.4 is 10.6 Å². The number of hydrogen-bond acceptors (Lipinski definition) is 2. The molecule has 2 rings (SSSR count). The van der Waals surface area contributed by atoms with Crippen LogP contribution in [-0.2, 0) is 0 Å². The highest BCUT2D eigenvalue weighted by molar-refractivity contribution is 5.98. The van der Waals surface area contributed by atoms with Gasteiger partial charge in [-0.2, -0.15) is 0 Å². The van der Waals surface area contributed by atoms with Gasteiger partial charge >= 0.3 is 6.03 Å². The standard InChI is InChI=1S/C10H8F2N4O/c11-6-1-2-8(7(12)5-6)15-10(17)16-9-13-3-4-14-9/h1-5H,(H3,13,14,15,16,17). The smallest absolute Gasteiger partial charge is 0.326 e. The highest BCUT2D eigenvalue weighted by Crippen LogP contribution is 2.14. The van der Waals surface area contributed by atoms with E-state index in [1.165, 1.54) is 12.4 Å². The van der Waals surface area contributed by atoms with Crippen LogP contribution in [-0.4, -0.2) is 16.0 Å². The molecule has 88 valence electrons. The summed E-state index contributed by atoms with van der Waals surface area (Å²) >= 11 is 0. The molecule has 0 spiro atoms. The summed E-state index contributed by atoms with van der Waals surface area (Å²) in [6, 6.07) is 2.19. The molecule has 0 atom stereocenters. The molecular formula is C10H8F2N4O. The third kappa shape index (κ3) is 2.77. The van der Waals surface area contributed by atoms with Crippen molar-refractivity contribution in [1.29, 1.82) is 0 Å². The van der Waals surface area contributed by atoms with Crippen molar-refractivity contribution < 1.29 is 13.6 Å². The molecule has 17 heavy (non-hydrogen) atoms. The van der Waals surface area contributed by atoms with Gasteiger partial charge in [0.05, 0.1) is 5.69 Å². The van der Waals surface area contributed by atoms with Crippen molar-refractivity contribution in [2.75, 3.05) is 10.6 Å². The van der Waals surface area contributed by atoms with E-state index in [0.29, 0.717) is 6.07 Å². The Bertz CT molecular complexity index is 527. The summed E-state index contributed by atoms with van der Waals surface area (Å²) in [6.45, 7) is 0. The molecule has 2 amide bonds. The maximum absolute atomic E-state index is 13.2. The van der Waals surface area contributed by atoms with E-state index in [0.717, 1.165) is 12.1 Å². The molecule has 7 heteroatoms. The average Bonchev–Trinajstić information content (AvgIpc) is 2.75. The normalized spacial score (nSPS) is 10.0. The van der Waals surface area contributed by atoms with Gasteiger partial charge in [-0.25, -0.2) is 18.6 Å². The Morgan fingerprint density at radius 2 is 2.12 bits per heavy atom. The molecule has 0 saturated heterocycles. The number of aromatic amines is 1. The van der Waals surface area contributed by atoms with E-state index in [1.54, 1.807) is 0 Å². The summed E-state index contributed by atoms with van der Waals surface area (Å²) in [6.07, 6.45) is 2.97. The predicted molar refractivity (Wildman–Crippen MR) is 57.6 cm³/mol. The van der Waals surface area contributed by atoms with Crippen molar-refractivity contribution in [3.05, 3.63) is 42.2 Å². The maximum Gasteiger partial charge on any atom is 0.326 e. The number of amides is 2. The van der Waals surface area contributed by atoms with Gasteiger partial charge in [0.2, 0.25) is 5.95 Å². The Morgan fingerprint density at radius 1 is 1.29 bits per heavy atom. The van der Waals surface area contributed by atoms with Crippen LogP contribution in [0.15, 0.2) is 30.6 Å². The Labute approximate surface area is 94.9 Å². The van der Waals surface area contributed by atoms with E-state index in [9.17, 15) is 13.6 Å². The number of nitrogens with zero attached hydrogens (tertiary/aromatic N) is 1. The first-order chi connectivity index (χ1) is 8.15. The largest absolute Gasteiger partial charge is 0.331 e. The van der Waals surface area contributed by atoms with Gasteiger partial charge in [0.1, 0.15) is 11.6 Å². The molecule has 1 aromatic heterocycles. The number of nitrogens with one attached hydrogen (secondary N) is 3. The zero-order valence-electron chi connectivity index (χ0n) is 8.50. The Kier molecular flexibility index (Phi) is 2.99.